The molecule has 2 amide bonds. The van der Waals surface area contributed by atoms with Gasteiger partial charge in [-0.25, -0.2) is 0 Å². The molecule has 2 rings (SSSR count). The van der Waals surface area contributed by atoms with Crippen molar-refractivity contribution in [2.75, 3.05) is 27.3 Å². The largest absolute Gasteiger partial charge is 0.497 e. The number of ether oxygens (including phenoxy) is 3. The van der Waals surface area contributed by atoms with Gasteiger partial charge < -0.3 is 24.8 Å². The highest BCUT2D eigenvalue weighted by Gasteiger charge is 2.18. The molecule has 0 bridgehead atoms. The van der Waals surface area contributed by atoms with E-state index < -0.39 is 23.9 Å². The first kappa shape index (κ1) is 22.7. The Hall–Kier alpha value is -3.55. The van der Waals surface area contributed by atoms with Crippen molar-refractivity contribution in [3.05, 3.63) is 59.7 Å². The number of esters is 1. The van der Waals surface area contributed by atoms with Crippen molar-refractivity contribution in [1.29, 1.82) is 0 Å². The van der Waals surface area contributed by atoms with E-state index in [1.165, 1.54) is 14.0 Å². The second-order valence-electron chi connectivity index (χ2n) is 6.43. The molecule has 8 nitrogen and oxygen atoms in total. The van der Waals surface area contributed by atoms with Gasteiger partial charge in [-0.3, -0.25) is 14.4 Å². The molecule has 1 atom stereocenters. The third-order valence-electron chi connectivity index (χ3n) is 4.29. The summed E-state index contributed by atoms with van der Waals surface area (Å²) in [6, 6.07) is 14.0. The van der Waals surface area contributed by atoms with Gasteiger partial charge in [0.2, 0.25) is 0 Å². The van der Waals surface area contributed by atoms with E-state index in [-0.39, 0.29) is 6.54 Å². The maximum absolute atomic E-state index is 12.1. The molecule has 2 aromatic carbocycles. The maximum atomic E-state index is 12.1. The Balaban J connectivity index is 1.69. The van der Waals surface area contributed by atoms with Crippen LogP contribution in [0.15, 0.2) is 48.5 Å². The van der Waals surface area contributed by atoms with Crippen molar-refractivity contribution in [1.82, 2.24) is 10.6 Å². The molecule has 1 unspecified atom stereocenters. The highest BCUT2D eigenvalue weighted by molar-refractivity contribution is 5.96. The molecule has 8 heteroatoms. The number of hydrogen-bond donors (Lipinski definition) is 2. The van der Waals surface area contributed by atoms with Gasteiger partial charge in [0, 0.05) is 12.1 Å². The Morgan fingerprint density at radius 3 is 2.00 bits per heavy atom. The summed E-state index contributed by atoms with van der Waals surface area (Å²) in [5.41, 5.74) is 1.43. The Morgan fingerprint density at radius 2 is 1.43 bits per heavy atom. The second-order valence-corrected chi connectivity index (χ2v) is 6.43. The smallest absolute Gasteiger partial charge is 0.326 e. The Kier molecular flexibility index (Phi) is 8.68. The van der Waals surface area contributed by atoms with Crippen LogP contribution in [-0.2, 0) is 20.7 Å². The minimum absolute atomic E-state index is 0.339. The van der Waals surface area contributed by atoms with Gasteiger partial charge in [0.15, 0.2) is 6.10 Å². The van der Waals surface area contributed by atoms with E-state index in [0.29, 0.717) is 24.3 Å². The zero-order chi connectivity index (χ0) is 21.9. The summed E-state index contributed by atoms with van der Waals surface area (Å²) in [6.07, 6.45) is -0.333. The van der Waals surface area contributed by atoms with Gasteiger partial charge in [0.05, 0.1) is 14.2 Å². The first-order valence-corrected chi connectivity index (χ1v) is 9.45. The number of nitrogens with one attached hydrogen (secondary N) is 2. The highest BCUT2D eigenvalue weighted by atomic mass is 16.5. The molecule has 0 spiro atoms. The van der Waals surface area contributed by atoms with E-state index in [4.69, 9.17) is 14.2 Å². The van der Waals surface area contributed by atoms with Crippen LogP contribution in [0.1, 0.15) is 22.8 Å². The highest BCUT2D eigenvalue weighted by Crippen LogP contribution is 2.12. The summed E-state index contributed by atoms with van der Waals surface area (Å²) in [7, 11) is 3.13. The summed E-state index contributed by atoms with van der Waals surface area (Å²) in [4.78, 5) is 36.0. The van der Waals surface area contributed by atoms with Crippen LogP contribution >= 0.6 is 0 Å². The Bertz CT molecular complexity index is 849. The van der Waals surface area contributed by atoms with Crippen molar-refractivity contribution in [3.63, 3.8) is 0 Å². The summed E-state index contributed by atoms with van der Waals surface area (Å²) in [5, 5.41) is 5.18. The normalized spacial score (nSPS) is 11.2. The second kappa shape index (κ2) is 11.5. The third kappa shape index (κ3) is 7.12. The zero-order valence-electron chi connectivity index (χ0n) is 17.3. The van der Waals surface area contributed by atoms with Crippen LogP contribution in [0.5, 0.6) is 11.5 Å². The Morgan fingerprint density at radius 1 is 0.867 bits per heavy atom. The number of benzene rings is 2. The van der Waals surface area contributed by atoms with Crippen molar-refractivity contribution < 1.29 is 28.6 Å². The van der Waals surface area contributed by atoms with Gasteiger partial charge in [0.1, 0.15) is 18.0 Å². The summed E-state index contributed by atoms with van der Waals surface area (Å²) in [6.45, 7) is 1.54. The molecular formula is C22H26N2O6. The van der Waals surface area contributed by atoms with E-state index >= 15 is 0 Å². The number of methoxy groups -OCH3 is 2. The van der Waals surface area contributed by atoms with Gasteiger partial charge in [-0.15, -0.1) is 0 Å². The molecular weight excluding hydrogens is 388 g/mol. The van der Waals surface area contributed by atoms with Gasteiger partial charge in [-0.05, 0) is 55.3 Å². The van der Waals surface area contributed by atoms with Crippen LogP contribution in [0.2, 0.25) is 0 Å². The molecule has 0 fully saturated rings. The average Bonchev–Trinajstić information content (AvgIpc) is 2.77. The quantitative estimate of drug-likeness (QED) is 0.574. The standard InChI is InChI=1S/C22H26N2O6/c1-15(21(26)23-13-12-16-4-8-18(28-2)9-5-16)30-20(25)14-24-22(27)17-6-10-19(29-3)11-7-17/h4-11,15H,12-14H2,1-3H3,(H,23,26)(H,24,27). The van der Waals surface area contributed by atoms with E-state index in [9.17, 15) is 14.4 Å². The van der Waals surface area contributed by atoms with Crippen LogP contribution in [0, 0.1) is 0 Å². The molecule has 0 aliphatic heterocycles. The molecule has 30 heavy (non-hydrogen) atoms. The first-order chi connectivity index (χ1) is 14.4. The molecule has 0 aliphatic carbocycles. The number of amides is 2. The summed E-state index contributed by atoms with van der Waals surface area (Å²) < 4.78 is 15.2. The predicted octanol–water partition coefficient (Wildman–Crippen LogP) is 1.72. The summed E-state index contributed by atoms with van der Waals surface area (Å²) in [5.74, 6) is -0.139. The van der Waals surface area contributed by atoms with E-state index in [2.05, 4.69) is 10.6 Å². The van der Waals surface area contributed by atoms with E-state index in [1.807, 2.05) is 24.3 Å². The average molecular weight is 414 g/mol. The Labute approximate surface area is 175 Å². The van der Waals surface area contributed by atoms with Gasteiger partial charge >= 0.3 is 5.97 Å². The van der Waals surface area contributed by atoms with Crippen LogP contribution in [0.3, 0.4) is 0 Å². The van der Waals surface area contributed by atoms with Crippen LogP contribution in [0.25, 0.3) is 0 Å². The molecule has 0 aliphatic rings. The van der Waals surface area contributed by atoms with Crippen molar-refractivity contribution >= 4 is 17.8 Å². The zero-order valence-corrected chi connectivity index (χ0v) is 17.3. The molecule has 0 radical (unpaired) electrons. The minimum Gasteiger partial charge on any atom is -0.497 e. The number of hydrogen-bond acceptors (Lipinski definition) is 6. The van der Waals surface area contributed by atoms with Crippen molar-refractivity contribution in [3.8, 4) is 11.5 Å². The monoisotopic (exact) mass is 414 g/mol. The van der Waals surface area contributed by atoms with Crippen LogP contribution in [0.4, 0.5) is 0 Å². The summed E-state index contributed by atoms with van der Waals surface area (Å²) >= 11 is 0. The molecule has 0 aromatic heterocycles. The number of rotatable bonds is 10. The van der Waals surface area contributed by atoms with E-state index in [1.54, 1.807) is 31.4 Å². The first-order valence-electron chi connectivity index (χ1n) is 9.45. The topological polar surface area (TPSA) is 103 Å². The molecule has 0 heterocycles. The molecule has 0 saturated heterocycles. The van der Waals surface area contributed by atoms with Gasteiger partial charge in [-0.1, -0.05) is 12.1 Å². The minimum atomic E-state index is -0.966. The fourth-order valence-corrected chi connectivity index (χ4v) is 2.56. The molecule has 0 saturated carbocycles. The maximum Gasteiger partial charge on any atom is 0.326 e. The molecule has 2 aromatic rings. The van der Waals surface area contributed by atoms with Crippen LogP contribution in [-0.4, -0.2) is 51.2 Å². The number of carbonyl (C=O) groups excluding carboxylic acids is 3. The SMILES string of the molecule is COc1ccc(CCNC(=O)C(C)OC(=O)CNC(=O)c2ccc(OC)cc2)cc1. The van der Waals surface area contributed by atoms with Crippen LogP contribution < -0.4 is 20.1 Å². The van der Waals surface area contributed by atoms with Crippen molar-refractivity contribution in [2.45, 2.75) is 19.4 Å². The molecule has 160 valence electrons. The lowest BCUT2D eigenvalue weighted by Gasteiger charge is -2.14. The lowest BCUT2D eigenvalue weighted by atomic mass is 10.1. The fourth-order valence-electron chi connectivity index (χ4n) is 2.56. The fraction of sp³-hybridized carbons (Fsp3) is 0.318. The van der Waals surface area contributed by atoms with Gasteiger partial charge in [-0.2, -0.15) is 0 Å². The number of carbonyl (C=O) groups is 3. The third-order valence-corrected chi connectivity index (χ3v) is 4.29. The van der Waals surface area contributed by atoms with Gasteiger partial charge in [0.25, 0.3) is 11.8 Å². The van der Waals surface area contributed by atoms with Crippen molar-refractivity contribution in [2.24, 2.45) is 0 Å². The predicted molar refractivity (Wildman–Crippen MR) is 111 cm³/mol. The lowest BCUT2D eigenvalue weighted by Crippen LogP contribution is -2.39. The van der Waals surface area contributed by atoms with E-state index in [0.717, 1.165) is 11.3 Å². The lowest BCUT2D eigenvalue weighted by molar-refractivity contribution is -0.153. The molecule has 2 N–H and O–H groups in total.